The summed E-state index contributed by atoms with van der Waals surface area (Å²) in [6, 6.07) is 11.0. The van der Waals surface area contributed by atoms with Crippen molar-refractivity contribution in [1.82, 2.24) is 9.88 Å². The predicted molar refractivity (Wildman–Crippen MR) is 121 cm³/mol. The van der Waals surface area contributed by atoms with E-state index in [4.69, 9.17) is 21.1 Å². The van der Waals surface area contributed by atoms with Crippen LogP contribution in [0, 0.1) is 0 Å². The number of methoxy groups -OCH3 is 2. The van der Waals surface area contributed by atoms with E-state index in [9.17, 15) is 14.7 Å². The molecule has 1 N–H and O–H groups in total. The molecule has 0 aliphatic carbocycles. The molecule has 1 unspecified atom stereocenters. The second-order valence-corrected chi connectivity index (χ2v) is 8.39. The number of carbonyl (C=O) groups excluding carboxylic acids is 2. The number of benzene rings is 1. The van der Waals surface area contributed by atoms with Gasteiger partial charge in [0.15, 0.2) is 0 Å². The van der Waals surface area contributed by atoms with E-state index in [-0.39, 0.29) is 40.0 Å². The lowest BCUT2D eigenvalue weighted by Crippen LogP contribution is -2.29. The Hall–Kier alpha value is -3.36. The minimum absolute atomic E-state index is 0.0760. The van der Waals surface area contributed by atoms with Gasteiger partial charge in [0.2, 0.25) is 0 Å². The lowest BCUT2D eigenvalue weighted by molar-refractivity contribution is -0.140. The normalized spacial score (nSPS) is 17.6. The third-order valence-corrected chi connectivity index (χ3v) is 6.30. The van der Waals surface area contributed by atoms with Gasteiger partial charge in [-0.2, -0.15) is 0 Å². The maximum Gasteiger partial charge on any atom is 0.296 e. The number of pyridine rings is 1. The Morgan fingerprint density at radius 1 is 1.16 bits per heavy atom. The van der Waals surface area contributed by atoms with Crippen LogP contribution in [0.5, 0.6) is 11.5 Å². The minimum atomic E-state index is -0.871. The number of hydrogen-bond donors (Lipinski definition) is 1. The molecule has 7 nitrogen and oxygen atoms in total. The summed E-state index contributed by atoms with van der Waals surface area (Å²) in [6.45, 7) is 0.210. The molecule has 1 fully saturated rings. The van der Waals surface area contributed by atoms with Gasteiger partial charge >= 0.3 is 0 Å². The summed E-state index contributed by atoms with van der Waals surface area (Å²) < 4.78 is 10.6. The van der Waals surface area contributed by atoms with Crippen molar-refractivity contribution in [3.8, 4) is 11.5 Å². The molecule has 0 spiro atoms. The molecule has 1 atom stereocenters. The molecule has 1 aliphatic rings. The number of halogens is 1. The highest BCUT2D eigenvalue weighted by Gasteiger charge is 2.47. The molecule has 0 radical (unpaired) electrons. The van der Waals surface area contributed by atoms with Crippen LogP contribution in [0.15, 0.2) is 59.6 Å². The Morgan fingerprint density at radius 3 is 2.56 bits per heavy atom. The topological polar surface area (TPSA) is 89.0 Å². The van der Waals surface area contributed by atoms with Gasteiger partial charge in [0.25, 0.3) is 11.7 Å². The molecule has 0 saturated carbocycles. The van der Waals surface area contributed by atoms with Crippen LogP contribution in [0.4, 0.5) is 0 Å². The Kier molecular flexibility index (Phi) is 6.16. The Balaban J connectivity index is 1.92. The molecular formula is C23H19ClN2O5S. The summed E-state index contributed by atoms with van der Waals surface area (Å²) in [4.78, 5) is 32.8. The number of ether oxygens (including phenoxy) is 2. The van der Waals surface area contributed by atoms with E-state index in [1.165, 1.54) is 42.6 Å². The summed E-state index contributed by atoms with van der Waals surface area (Å²) in [5.74, 6) is -1.38. The van der Waals surface area contributed by atoms with E-state index < -0.39 is 17.7 Å². The highest BCUT2D eigenvalue weighted by atomic mass is 35.5. The van der Waals surface area contributed by atoms with Crippen LogP contribution >= 0.6 is 22.9 Å². The van der Waals surface area contributed by atoms with E-state index in [0.717, 1.165) is 4.88 Å². The number of aliphatic hydroxyl groups excluding tert-OH is 1. The lowest BCUT2D eigenvalue weighted by Gasteiger charge is -2.24. The highest BCUT2D eigenvalue weighted by molar-refractivity contribution is 7.09. The largest absolute Gasteiger partial charge is 0.507 e. The van der Waals surface area contributed by atoms with Crippen LogP contribution in [0.25, 0.3) is 5.76 Å². The molecule has 3 heterocycles. The first kappa shape index (κ1) is 21.9. The Labute approximate surface area is 193 Å². The fourth-order valence-electron chi connectivity index (χ4n) is 3.65. The molecule has 1 aromatic carbocycles. The van der Waals surface area contributed by atoms with Crippen LogP contribution in [-0.4, -0.2) is 40.9 Å². The van der Waals surface area contributed by atoms with Gasteiger partial charge in [-0.3, -0.25) is 14.6 Å². The molecule has 0 bridgehead atoms. The number of nitrogens with zero attached hydrogens (tertiary/aromatic N) is 2. The number of ketones is 1. The van der Waals surface area contributed by atoms with Gasteiger partial charge in [0, 0.05) is 17.1 Å². The van der Waals surface area contributed by atoms with Crippen LogP contribution in [0.3, 0.4) is 0 Å². The molecule has 164 valence electrons. The Bertz CT molecular complexity index is 1190. The molecule has 1 saturated heterocycles. The van der Waals surface area contributed by atoms with E-state index in [0.29, 0.717) is 5.69 Å². The van der Waals surface area contributed by atoms with Crippen LogP contribution in [-0.2, 0) is 16.1 Å². The van der Waals surface area contributed by atoms with E-state index in [2.05, 4.69) is 4.98 Å². The third kappa shape index (κ3) is 3.83. The van der Waals surface area contributed by atoms with E-state index in [1.807, 2.05) is 17.5 Å². The van der Waals surface area contributed by atoms with Gasteiger partial charge in [0.1, 0.15) is 23.3 Å². The minimum Gasteiger partial charge on any atom is -0.507 e. The van der Waals surface area contributed by atoms with Gasteiger partial charge in [0.05, 0.1) is 42.6 Å². The average molecular weight is 471 g/mol. The molecule has 1 aliphatic heterocycles. The first-order chi connectivity index (χ1) is 15.5. The summed E-state index contributed by atoms with van der Waals surface area (Å²) in [6.07, 6.45) is 1.58. The number of hydrogen-bond acceptors (Lipinski definition) is 7. The first-order valence-corrected chi connectivity index (χ1v) is 10.9. The maximum atomic E-state index is 13.1. The maximum absolute atomic E-state index is 13.1. The van der Waals surface area contributed by atoms with Crippen molar-refractivity contribution in [3.05, 3.63) is 80.8 Å². The van der Waals surface area contributed by atoms with Crippen LogP contribution in [0.2, 0.25) is 5.02 Å². The third-order valence-electron chi connectivity index (χ3n) is 5.14. The molecule has 32 heavy (non-hydrogen) atoms. The van der Waals surface area contributed by atoms with Crippen molar-refractivity contribution in [3.63, 3.8) is 0 Å². The molecule has 9 heteroatoms. The summed E-state index contributed by atoms with van der Waals surface area (Å²) in [7, 11) is 2.85. The zero-order valence-electron chi connectivity index (χ0n) is 17.2. The first-order valence-electron chi connectivity index (χ1n) is 9.59. The number of rotatable bonds is 6. The second-order valence-electron chi connectivity index (χ2n) is 6.95. The van der Waals surface area contributed by atoms with Gasteiger partial charge in [-0.1, -0.05) is 23.7 Å². The number of aromatic nitrogens is 1. The van der Waals surface area contributed by atoms with Crippen molar-refractivity contribution in [2.45, 2.75) is 12.6 Å². The van der Waals surface area contributed by atoms with E-state index in [1.54, 1.807) is 24.4 Å². The lowest BCUT2D eigenvalue weighted by atomic mass is 9.97. The zero-order valence-corrected chi connectivity index (χ0v) is 18.8. The molecule has 1 amide bonds. The number of amides is 1. The number of Topliss-reactive ketones (excluding diaryl/α,β-unsaturated/α-hetero) is 1. The number of aliphatic hydroxyl groups is 1. The van der Waals surface area contributed by atoms with E-state index >= 15 is 0 Å². The molecule has 3 aromatic rings. The molecule has 2 aromatic heterocycles. The fourth-order valence-corrected chi connectivity index (χ4v) is 4.58. The van der Waals surface area contributed by atoms with Crippen LogP contribution < -0.4 is 9.47 Å². The summed E-state index contributed by atoms with van der Waals surface area (Å²) in [5.41, 5.74) is 0.571. The Morgan fingerprint density at radius 2 is 1.94 bits per heavy atom. The number of thiophene rings is 1. The van der Waals surface area contributed by atoms with Crippen molar-refractivity contribution >= 4 is 40.4 Å². The monoisotopic (exact) mass is 470 g/mol. The van der Waals surface area contributed by atoms with Crippen molar-refractivity contribution < 1.29 is 24.2 Å². The van der Waals surface area contributed by atoms with Gasteiger partial charge in [-0.25, -0.2) is 0 Å². The van der Waals surface area contributed by atoms with Crippen molar-refractivity contribution in [2.24, 2.45) is 0 Å². The van der Waals surface area contributed by atoms with Gasteiger partial charge < -0.3 is 19.5 Å². The number of carbonyl (C=O) groups is 2. The standard InChI is InChI=1S/C23H19ClN2O5S/c1-30-17-11-15(24)18(31-2)10-14(17)21(27)19-20(16-7-3-4-8-25-16)26(23(29)22(19)28)12-13-6-5-9-32-13/h3-11,20,27H,12H2,1-2H3/b21-19+. The SMILES string of the molecule is COc1cc(/C(O)=C2\C(=O)C(=O)N(Cc3cccs3)C2c2ccccn2)c(OC)cc1Cl. The quantitative estimate of drug-likeness (QED) is 0.325. The van der Waals surface area contributed by atoms with Gasteiger partial charge in [-0.05, 0) is 29.6 Å². The summed E-state index contributed by atoms with van der Waals surface area (Å²) in [5, 5.41) is 13.5. The highest BCUT2D eigenvalue weighted by Crippen LogP contribution is 2.43. The van der Waals surface area contributed by atoms with Crippen molar-refractivity contribution in [1.29, 1.82) is 0 Å². The van der Waals surface area contributed by atoms with Crippen LogP contribution in [0.1, 0.15) is 22.2 Å². The van der Waals surface area contributed by atoms with Gasteiger partial charge in [-0.15, -0.1) is 11.3 Å². The zero-order chi connectivity index (χ0) is 22.8. The molecular weight excluding hydrogens is 452 g/mol. The second kappa shape index (κ2) is 9.02. The predicted octanol–water partition coefficient (Wildman–Crippen LogP) is 4.44. The number of likely N-dealkylation sites (tertiary alicyclic amines) is 1. The summed E-state index contributed by atoms with van der Waals surface area (Å²) >= 11 is 7.66. The average Bonchev–Trinajstić information content (AvgIpc) is 3.41. The fraction of sp³-hybridized carbons (Fsp3) is 0.174. The van der Waals surface area contributed by atoms with Crippen molar-refractivity contribution in [2.75, 3.05) is 14.2 Å². The smallest absolute Gasteiger partial charge is 0.296 e. The molecule has 4 rings (SSSR count).